The Morgan fingerprint density at radius 1 is 1.19 bits per heavy atom. The van der Waals surface area contributed by atoms with Crippen LogP contribution >= 0.6 is 0 Å². The third-order valence-electron chi connectivity index (χ3n) is 4.25. The van der Waals surface area contributed by atoms with Crippen LogP contribution in [-0.2, 0) is 6.54 Å². The molecule has 2 rings (SSSR count). The summed E-state index contributed by atoms with van der Waals surface area (Å²) in [6, 6.07) is 9.84. The Morgan fingerprint density at radius 3 is 2.43 bits per heavy atom. The van der Waals surface area contributed by atoms with Gasteiger partial charge in [-0.1, -0.05) is 19.1 Å². The summed E-state index contributed by atoms with van der Waals surface area (Å²) in [6.45, 7) is 10.9. The van der Waals surface area contributed by atoms with Gasteiger partial charge in [-0.3, -0.25) is 0 Å². The molecule has 1 aromatic rings. The van der Waals surface area contributed by atoms with Gasteiger partial charge in [-0.2, -0.15) is 0 Å². The van der Waals surface area contributed by atoms with Crippen molar-refractivity contribution in [2.45, 2.75) is 58.7 Å². The second-order valence-electron chi connectivity index (χ2n) is 6.28. The van der Waals surface area contributed by atoms with Crippen molar-refractivity contribution in [1.29, 1.82) is 0 Å². The van der Waals surface area contributed by atoms with Gasteiger partial charge in [0.1, 0.15) is 5.75 Å². The SMILES string of the molecule is CCCOc1ccc(CNC2CCN(C(C)C)CC2)cc1. The normalized spacial score (nSPS) is 17.3. The summed E-state index contributed by atoms with van der Waals surface area (Å²) in [5.41, 5.74) is 1.34. The number of rotatable bonds is 7. The number of hydrogen-bond acceptors (Lipinski definition) is 3. The van der Waals surface area contributed by atoms with E-state index in [0.717, 1.165) is 25.3 Å². The highest BCUT2D eigenvalue weighted by molar-refractivity contribution is 5.27. The van der Waals surface area contributed by atoms with Crippen LogP contribution in [0.5, 0.6) is 5.75 Å². The first kappa shape index (κ1) is 16.3. The van der Waals surface area contributed by atoms with E-state index in [1.807, 2.05) is 0 Å². The topological polar surface area (TPSA) is 24.5 Å². The molecule has 0 saturated carbocycles. The van der Waals surface area contributed by atoms with E-state index in [1.54, 1.807) is 0 Å². The highest BCUT2D eigenvalue weighted by Crippen LogP contribution is 2.15. The van der Waals surface area contributed by atoms with Crippen LogP contribution in [0.3, 0.4) is 0 Å². The van der Waals surface area contributed by atoms with Crippen molar-refractivity contribution < 1.29 is 4.74 Å². The van der Waals surface area contributed by atoms with Gasteiger partial charge in [0, 0.05) is 18.6 Å². The molecule has 1 heterocycles. The molecule has 0 aliphatic carbocycles. The molecule has 3 heteroatoms. The first-order valence-electron chi connectivity index (χ1n) is 8.38. The molecule has 118 valence electrons. The Labute approximate surface area is 129 Å². The number of ether oxygens (including phenoxy) is 1. The summed E-state index contributed by atoms with van der Waals surface area (Å²) in [5, 5.41) is 3.69. The van der Waals surface area contributed by atoms with Gasteiger partial charge in [0.15, 0.2) is 0 Å². The van der Waals surface area contributed by atoms with Crippen LogP contribution in [0.15, 0.2) is 24.3 Å². The summed E-state index contributed by atoms with van der Waals surface area (Å²) in [5.74, 6) is 0.978. The quantitative estimate of drug-likeness (QED) is 0.832. The monoisotopic (exact) mass is 290 g/mol. The molecule has 21 heavy (non-hydrogen) atoms. The molecule has 0 unspecified atom stereocenters. The van der Waals surface area contributed by atoms with Crippen LogP contribution in [-0.4, -0.2) is 36.7 Å². The second kappa shape index (κ2) is 8.40. The number of nitrogens with zero attached hydrogens (tertiary/aromatic N) is 1. The van der Waals surface area contributed by atoms with Crippen molar-refractivity contribution >= 4 is 0 Å². The zero-order valence-corrected chi connectivity index (χ0v) is 13.8. The van der Waals surface area contributed by atoms with E-state index in [-0.39, 0.29) is 0 Å². The van der Waals surface area contributed by atoms with E-state index in [4.69, 9.17) is 4.74 Å². The maximum Gasteiger partial charge on any atom is 0.119 e. The fourth-order valence-corrected chi connectivity index (χ4v) is 2.81. The third kappa shape index (κ3) is 5.33. The lowest BCUT2D eigenvalue weighted by molar-refractivity contribution is 0.161. The molecule has 0 atom stereocenters. The Morgan fingerprint density at radius 2 is 1.86 bits per heavy atom. The zero-order chi connectivity index (χ0) is 15.1. The minimum absolute atomic E-state index is 0.663. The number of benzene rings is 1. The minimum Gasteiger partial charge on any atom is -0.494 e. The molecule has 1 saturated heterocycles. The first-order valence-corrected chi connectivity index (χ1v) is 8.38. The van der Waals surface area contributed by atoms with Crippen LogP contribution in [0.4, 0.5) is 0 Å². The van der Waals surface area contributed by atoms with Gasteiger partial charge in [-0.15, -0.1) is 0 Å². The fraction of sp³-hybridized carbons (Fsp3) is 0.667. The van der Waals surface area contributed by atoms with Crippen molar-refractivity contribution in [1.82, 2.24) is 10.2 Å². The highest BCUT2D eigenvalue weighted by atomic mass is 16.5. The molecule has 0 radical (unpaired) electrons. The van der Waals surface area contributed by atoms with Gasteiger partial charge >= 0.3 is 0 Å². The summed E-state index contributed by atoms with van der Waals surface area (Å²) < 4.78 is 5.61. The van der Waals surface area contributed by atoms with Crippen molar-refractivity contribution in [3.8, 4) is 5.75 Å². The third-order valence-corrected chi connectivity index (χ3v) is 4.25. The van der Waals surface area contributed by atoms with Gasteiger partial charge in [0.05, 0.1) is 6.61 Å². The highest BCUT2D eigenvalue weighted by Gasteiger charge is 2.20. The Hall–Kier alpha value is -1.06. The standard InChI is InChI=1S/C18H30N2O/c1-4-13-21-18-7-5-16(6-8-18)14-19-17-9-11-20(12-10-17)15(2)3/h5-8,15,17,19H,4,9-14H2,1-3H3. The van der Waals surface area contributed by atoms with Crippen LogP contribution in [0.25, 0.3) is 0 Å². The fourth-order valence-electron chi connectivity index (χ4n) is 2.81. The summed E-state index contributed by atoms with van der Waals surface area (Å²) in [4.78, 5) is 2.57. The van der Waals surface area contributed by atoms with Gasteiger partial charge in [-0.05, 0) is 63.9 Å². The van der Waals surface area contributed by atoms with Gasteiger partial charge in [0.2, 0.25) is 0 Å². The Bertz CT molecular complexity index is 394. The van der Waals surface area contributed by atoms with Crippen LogP contribution in [0, 0.1) is 0 Å². The second-order valence-corrected chi connectivity index (χ2v) is 6.28. The van der Waals surface area contributed by atoms with Crippen molar-refractivity contribution in [3.63, 3.8) is 0 Å². The smallest absolute Gasteiger partial charge is 0.119 e. The molecule has 0 bridgehead atoms. The summed E-state index contributed by atoms with van der Waals surface area (Å²) >= 11 is 0. The van der Waals surface area contributed by atoms with E-state index in [9.17, 15) is 0 Å². The molecule has 1 fully saturated rings. The number of piperidine rings is 1. The number of hydrogen-bond donors (Lipinski definition) is 1. The summed E-state index contributed by atoms with van der Waals surface area (Å²) in [6.07, 6.45) is 3.57. The van der Waals surface area contributed by atoms with Crippen molar-refractivity contribution in [2.75, 3.05) is 19.7 Å². The van der Waals surface area contributed by atoms with Gasteiger partial charge < -0.3 is 15.0 Å². The molecule has 3 nitrogen and oxygen atoms in total. The van der Waals surface area contributed by atoms with E-state index in [0.29, 0.717) is 12.1 Å². The Balaban J connectivity index is 1.71. The molecule has 0 aromatic heterocycles. The number of nitrogens with one attached hydrogen (secondary N) is 1. The van der Waals surface area contributed by atoms with E-state index in [2.05, 4.69) is 55.3 Å². The largest absolute Gasteiger partial charge is 0.494 e. The maximum atomic E-state index is 5.61. The molecular formula is C18H30N2O. The lowest BCUT2D eigenvalue weighted by atomic mass is 10.0. The van der Waals surface area contributed by atoms with Crippen molar-refractivity contribution in [3.05, 3.63) is 29.8 Å². The lowest BCUT2D eigenvalue weighted by Gasteiger charge is -2.35. The van der Waals surface area contributed by atoms with E-state index >= 15 is 0 Å². The molecule has 1 aromatic carbocycles. The first-order chi connectivity index (χ1) is 10.2. The zero-order valence-electron chi connectivity index (χ0n) is 13.8. The molecular weight excluding hydrogens is 260 g/mol. The predicted octanol–water partition coefficient (Wildman–Crippen LogP) is 3.44. The molecule has 1 N–H and O–H groups in total. The lowest BCUT2D eigenvalue weighted by Crippen LogP contribution is -2.44. The number of likely N-dealkylation sites (tertiary alicyclic amines) is 1. The van der Waals surface area contributed by atoms with E-state index < -0.39 is 0 Å². The van der Waals surface area contributed by atoms with Gasteiger partial charge in [-0.25, -0.2) is 0 Å². The van der Waals surface area contributed by atoms with Gasteiger partial charge in [0.25, 0.3) is 0 Å². The predicted molar refractivity (Wildman–Crippen MR) is 88.8 cm³/mol. The van der Waals surface area contributed by atoms with Crippen LogP contribution in [0.2, 0.25) is 0 Å². The van der Waals surface area contributed by atoms with Crippen LogP contribution < -0.4 is 10.1 Å². The molecule has 1 aliphatic heterocycles. The average molecular weight is 290 g/mol. The van der Waals surface area contributed by atoms with E-state index in [1.165, 1.54) is 31.5 Å². The molecule has 0 spiro atoms. The molecule has 0 amide bonds. The Kier molecular flexibility index (Phi) is 6.52. The maximum absolute atomic E-state index is 5.61. The van der Waals surface area contributed by atoms with Crippen molar-refractivity contribution in [2.24, 2.45) is 0 Å². The molecule has 1 aliphatic rings. The summed E-state index contributed by atoms with van der Waals surface area (Å²) in [7, 11) is 0. The minimum atomic E-state index is 0.663. The average Bonchev–Trinajstić information content (AvgIpc) is 2.52. The van der Waals surface area contributed by atoms with Crippen LogP contribution in [0.1, 0.15) is 45.6 Å².